The molecule has 1 atom stereocenters. The van der Waals surface area contributed by atoms with Gasteiger partial charge in [-0.05, 0) is 60.8 Å². The van der Waals surface area contributed by atoms with E-state index < -0.39 is 53.6 Å². The molecule has 4 amide bonds. The second-order valence-corrected chi connectivity index (χ2v) is 9.15. The van der Waals surface area contributed by atoms with Crippen LogP contribution in [0.5, 0.6) is 0 Å². The first-order chi connectivity index (χ1) is 14.2. The number of rotatable bonds is 8. The van der Waals surface area contributed by atoms with Crippen LogP contribution < -0.4 is 5.73 Å². The Morgan fingerprint density at radius 3 is 1.94 bits per heavy atom. The lowest BCUT2D eigenvalue weighted by Gasteiger charge is -2.32. The third kappa shape index (κ3) is 8.49. The number of unbranched alkanes of at least 4 members (excludes halogenated alkanes) is 1. The maximum absolute atomic E-state index is 12.9. The summed E-state index contributed by atoms with van der Waals surface area (Å²) in [6.07, 6.45) is 2.15. The molecule has 0 saturated heterocycles. The van der Waals surface area contributed by atoms with Gasteiger partial charge in [0.25, 0.3) is 11.8 Å². The monoisotopic (exact) mass is 439 g/mol. The summed E-state index contributed by atoms with van der Waals surface area (Å²) in [7, 11) is 0. The molecule has 10 heteroatoms. The van der Waals surface area contributed by atoms with Crippen molar-refractivity contribution in [2.75, 3.05) is 13.1 Å². The number of carbonyl (C=O) groups is 5. The Morgan fingerprint density at radius 1 is 0.968 bits per heavy atom. The zero-order chi connectivity index (χ0) is 24.0. The van der Waals surface area contributed by atoms with Crippen molar-refractivity contribution >= 4 is 29.8 Å². The average molecular weight is 440 g/mol. The van der Waals surface area contributed by atoms with Gasteiger partial charge < -0.3 is 15.2 Å². The lowest BCUT2D eigenvalue weighted by atomic mass is 10.1. The molecule has 0 aromatic rings. The molecule has 31 heavy (non-hydrogen) atoms. The van der Waals surface area contributed by atoms with Crippen molar-refractivity contribution in [3.05, 3.63) is 12.2 Å². The Morgan fingerprint density at radius 2 is 1.48 bits per heavy atom. The van der Waals surface area contributed by atoms with Gasteiger partial charge in [0.15, 0.2) is 0 Å². The van der Waals surface area contributed by atoms with Crippen LogP contribution in [0.15, 0.2) is 12.2 Å². The first-order valence-electron chi connectivity index (χ1n) is 10.2. The van der Waals surface area contributed by atoms with Gasteiger partial charge in [-0.25, -0.2) is 14.5 Å². The van der Waals surface area contributed by atoms with Gasteiger partial charge in [-0.1, -0.05) is 0 Å². The van der Waals surface area contributed by atoms with Crippen molar-refractivity contribution in [2.24, 2.45) is 5.73 Å². The minimum Gasteiger partial charge on any atom is -0.458 e. The molecule has 1 rings (SSSR count). The van der Waals surface area contributed by atoms with E-state index in [-0.39, 0.29) is 13.0 Å². The molecular formula is C21H33N3O7. The molecule has 1 aliphatic heterocycles. The second kappa shape index (κ2) is 10.5. The van der Waals surface area contributed by atoms with Crippen LogP contribution in [0.4, 0.5) is 4.79 Å². The van der Waals surface area contributed by atoms with Crippen molar-refractivity contribution in [1.29, 1.82) is 0 Å². The largest absolute Gasteiger partial charge is 0.458 e. The highest BCUT2D eigenvalue weighted by Crippen LogP contribution is 2.20. The zero-order valence-electron chi connectivity index (χ0n) is 19.1. The number of hydrogen-bond donors (Lipinski definition) is 1. The molecule has 174 valence electrons. The number of imide groups is 2. The van der Waals surface area contributed by atoms with Crippen molar-refractivity contribution in [1.82, 2.24) is 9.80 Å². The van der Waals surface area contributed by atoms with Gasteiger partial charge in [0, 0.05) is 18.7 Å². The predicted octanol–water partition coefficient (Wildman–Crippen LogP) is 1.51. The fourth-order valence-electron chi connectivity index (χ4n) is 2.79. The summed E-state index contributed by atoms with van der Waals surface area (Å²) in [5.74, 6) is -2.35. The molecule has 0 spiro atoms. The zero-order valence-corrected chi connectivity index (χ0v) is 19.1. The second-order valence-electron chi connectivity index (χ2n) is 9.15. The van der Waals surface area contributed by atoms with E-state index in [9.17, 15) is 24.0 Å². The van der Waals surface area contributed by atoms with Crippen LogP contribution in [-0.2, 0) is 28.7 Å². The topological polar surface area (TPSA) is 136 Å². The average Bonchev–Trinajstić information content (AvgIpc) is 2.92. The van der Waals surface area contributed by atoms with E-state index in [0.29, 0.717) is 17.7 Å². The Hall–Kier alpha value is -2.75. The van der Waals surface area contributed by atoms with Crippen LogP contribution in [0.1, 0.15) is 60.8 Å². The summed E-state index contributed by atoms with van der Waals surface area (Å²) >= 11 is 0. The van der Waals surface area contributed by atoms with E-state index in [1.807, 2.05) is 0 Å². The van der Waals surface area contributed by atoms with E-state index in [1.54, 1.807) is 41.5 Å². The van der Waals surface area contributed by atoms with Crippen molar-refractivity contribution in [3.8, 4) is 0 Å². The third-order valence-corrected chi connectivity index (χ3v) is 4.03. The van der Waals surface area contributed by atoms with Gasteiger partial charge in [-0.2, -0.15) is 0 Å². The van der Waals surface area contributed by atoms with Crippen LogP contribution in [0.3, 0.4) is 0 Å². The van der Waals surface area contributed by atoms with Gasteiger partial charge in [0.1, 0.15) is 17.2 Å². The molecule has 0 aromatic carbocycles. The van der Waals surface area contributed by atoms with Crippen molar-refractivity contribution in [2.45, 2.75) is 78.0 Å². The number of carbonyl (C=O) groups excluding carboxylic acids is 5. The van der Waals surface area contributed by atoms with Crippen LogP contribution in [0, 0.1) is 0 Å². The van der Waals surface area contributed by atoms with Crippen molar-refractivity contribution in [3.63, 3.8) is 0 Å². The molecule has 0 saturated carbocycles. The SMILES string of the molecule is CC(C)(C)OC(=O)[C@H](CCCCN1C(=O)C=CC1=O)N(C(=O)CN)C(=O)OC(C)(C)C. The smallest absolute Gasteiger partial charge is 0.417 e. The van der Waals surface area contributed by atoms with Crippen LogP contribution in [-0.4, -0.2) is 69.9 Å². The highest BCUT2D eigenvalue weighted by Gasteiger charge is 2.39. The van der Waals surface area contributed by atoms with E-state index in [2.05, 4.69) is 0 Å². The lowest BCUT2D eigenvalue weighted by molar-refractivity contribution is -0.164. The number of nitrogens with zero attached hydrogens (tertiary/aromatic N) is 2. The van der Waals surface area contributed by atoms with Gasteiger partial charge in [-0.3, -0.25) is 19.3 Å². The summed E-state index contributed by atoms with van der Waals surface area (Å²) in [4.78, 5) is 63.1. The summed E-state index contributed by atoms with van der Waals surface area (Å²) in [6, 6.07) is -1.26. The fourth-order valence-corrected chi connectivity index (χ4v) is 2.79. The summed E-state index contributed by atoms with van der Waals surface area (Å²) in [5, 5.41) is 0. The first kappa shape index (κ1) is 26.3. The maximum Gasteiger partial charge on any atom is 0.417 e. The molecular weight excluding hydrogens is 406 g/mol. The number of hydrogen-bond acceptors (Lipinski definition) is 8. The first-order valence-corrected chi connectivity index (χ1v) is 10.2. The molecule has 0 unspecified atom stereocenters. The summed E-state index contributed by atoms with van der Waals surface area (Å²) < 4.78 is 10.7. The molecule has 10 nitrogen and oxygen atoms in total. The van der Waals surface area contributed by atoms with Crippen LogP contribution in [0.2, 0.25) is 0 Å². The third-order valence-electron chi connectivity index (χ3n) is 4.03. The van der Waals surface area contributed by atoms with Gasteiger partial charge >= 0.3 is 12.1 Å². The highest BCUT2D eigenvalue weighted by molar-refractivity contribution is 6.12. The van der Waals surface area contributed by atoms with Crippen LogP contribution in [0.25, 0.3) is 0 Å². The fraction of sp³-hybridized carbons (Fsp3) is 0.667. The van der Waals surface area contributed by atoms with Crippen molar-refractivity contribution < 1.29 is 33.4 Å². The molecule has 0 radical (unpaired) electrons. The molecule has 2 N–H and O–H groups in total. The summed E-state index contributed by atoms with van der Waals surface area (Å²) in [6.45, 7) is 9.57. The van der Waals surface area contributed by atoms with Gasteiger partial charge in [0.05, 0.1) is 6.54 Å². The maximum atomic E-state index is 12.9. The van der Waals surface area contributed by atoms with E-state index >= 15 is 0 Å². The molecule has 1 heterocycles. The molecule has 0 aromatic heterocycles. The molecule has 0 fully saturated rings. The van der Waals surface area contributed by atoms with Gasteiger partial charge in [-0.15, -0.1) is 0 Å². The number of nitrogens with two attached hydrogens (primary N) is 1. The highest BCUT2D eigenvalue weighted by atomic mass is 16.6. The number of ether oxygens (including phenoxy) is 2. The standard InChI is InChI=1S/C21H33N3O7/c1-20(2,3)30-18(28)14(9-7-8-12-23-15(25)10-11-16(23)26)24(17(27)13-22)19(29)31-21(4,5)6/h10-11,14H,7-9,12-13,22H2,1-6H3/t14-/m0/s1. The normalized spacial score (nSPS) is 15.1. The van der Waals surface area contributed by atoms with E-state index in [1.165, 1.54) is 12.2 Å². The molecule has 0 bridgehead atoms. The van der Waals surface area contributed by atoms with Gasteiger partial charge in [0.2, 0.25) is 5.91 Å². The Bertz CT molecular complexity index is 729. The number of esters is 1. The molecule has 1 aliphatic rings. The summed E-state index contributed by atoms with van der Waals surface area (Å²) in [5.41, 5.74) is 3.72. The molecule has 0 aliphatic carbocycles. The lowest BCUT2D eigenvalue weighted by Crippen LogP contribution is -2.53. The minimum absolute atomic E-state index is 0.0591. The van der Waals surface area contributed by atoms with Crippen LogP contribution >= 0.6 is 0 Å². The van der Waals surface area contributed by atoms with E-state index in [0.717, 1.165) is 4.90 Å². The Kier molecular flexibility index (Phi) is 8.92. The predicted molar refractivity (Wildman–Crippen MR) is 111 cm³/mol. The Balaban J connectivity index is 2.99. The number of amides is 4. The minimum atomic E-state index is -1.26. The van der Waals surface area contributed by atoms with E-state index in [4.69, 9.17) is 15.2 Å². The quantitative estimate of drug-likeness (QED) is 0.341. The Labute approximate surface area is 182 Å².